The summed E-state index contributed by atoms with van der Waals surface area (Å²) < 4.78 is 28.4. The molecule has 3 amide bonds. The summed E-state index contributed by atoms with van der Waals surface area (Å²) in [4.78, 5) is 42.7. The van der Waals surface area contributed by atoms with Crippen molar-refractivity contribution in [2.75, 3.05) is 14.1 Å². The molecule has 0 heterocycles. The van der Waals surface area contributed by atoms with Gasteiger partial charge in [-0.25, -0.2) is 13.1 Å². The van der Waals surface area contributed by atoms with Gasteiger partial charge in [-0.15, -0.1) is 0 Å². The second-order valence-electron chi connectivity index (χ2n) is 14.5. The SMILES string of the molecule is CN[C@H](C(=O)N[C@H](C(=O)N(C)[C@H](/C=C(\C)C(=O)NS(=O)(=O)c1ccc(-c2ccccc2)cc1)C(C)C)C(C)(C)C)C(C)(C)c1ccccc1. The molecular formula is C39H52N4O5S. The molecule has 0 aromatic heterocycles. The zero-order valence-electron chi connectivity index (χ0n) is 30.4. The maximum atomic E-state index is 14.2. The number of hydrogen-bond donors (Lipinski definition) is 3. The molecule has 0 spiro atoms. The Labute approximate surface area is 292 Å². The molecule has 3 atom stereocenters. The third-order valence-electron chi connectivity index (χ3n) is 8.95. The summed E-state index contributed by atoms with van der Waals surface area (Å²) in [6.07, 6.45) is 1.60. The van der Waals surface area contributed by atoms with E-state index in [0.29, 0.717) is 0 Å². The Morgan fingerprint density at radius 3 is 1.78 bits per heavy atom. The number of carbonyl (C=O) groups excluding carboxylic acids is 3. The monoisotopic (exact) mass is 688 g/mol. The fraction of sp³-hybridized carbons (Fsp3) is 0.410. The molecule has 3 N–H and O–H groups in total. The molecular weight excluding hydrogens is 637 g/mol. The van der Waals surface area contributed by atoms with Crippen LogP contribution in [0.3, 0.4) is 0 Å². The molecule has 0 saturated heterocycles. The molecule has 0 unspecified atom stereocenters. The lowest BCUT2D eigenvalue weighted by Crippen LogP contribution is -2.61. The van der Waals surface area contributed by atoms with Crippen molar-refractivity contribution in [3.8, 4) is 11.1 Å². The van der Waals surface area contributed by atoms with E-state index in [1.807, 2.05) is 109 Å². The summed E-state index contributed by atoms with van der Waals surface area (Å²) in [6, 6.07) is 23.5. The highest BCUT2D eigenvalue weighted by Crippen LogP contribution is 2.29. The van der Waals surface area contributed by atoms with Gasteiger partial charge in [-0.3, -0.25) is 14.4 Å². The van der Waals surface area contributed by atoms with Crippen molar-refractivity contribution >= 4 is 27.7 Å². The van der Waals surface area contributed by atoms with Crippen LogP contribution in [0, 0.1) is 11.3 Å². The Balaban J connectivity index is 1.81. The van der Waals surface area contributed by atoms with Crippen LogP contribution in [0.1, 0.15) is 61.0 Å². The lowest BCUT2D eigenvalue weighted by atomic mass is 9.76. The number of nitrogens with one attached hydrogen (secondary N) is 3. The molecule has 3 aromatic carbocycles. The van der Waals surface area contributed by atoms with Gasteiger partial charge in [0.2, 0.25) is 11.8 Å². The average Bonchev–Trinajstić information content (AvgIpc) is 3.05. The molecule has 0 radical (unpaired) electrons. The molecule has 0 fully saturated rings. The standard InChI is InChI=1S/C39H52N4O5S/c1-26(2)32(25-27(3)35(44)42-49(47,48)31-23-21-29(22-24-31)28-17-13-11-14-18-28)43(10)37(46)34(38(4,5)6)41-36(45)33(40-9)39(7,8)30-19-15-12-16-20-30/h11-26,32-34,40H,1-10H3,(H,41,45)(H,42,44)/b27-25+/t32-,33-,34-/m1/s1. The fourth-order valence-electron chi connectivity index (χ4n) is 5.88. The Hall–Kier alpha value is -4.28. The smallest absolute Gasteiger partial charge is 0.264 e. The summed E-state index contributed by atoms with van der Waals surface area (Å²) in [5.41, 5.74) is 1.66. The molecule has 0 saturated carbocycles. The van der Waals surface area contributed by atoms with Crippen LogP contribution in [-0.2, 0) is 29.8 Å². The average molecular weight is 689 g/mol. The first-order valence-electron chi connectivity index (χ1n) is 16.5. The Morgan fingerprint density at radius 1 is 0.776 bits per heavy atom. The minimum Gasteiger partial charge on any atom is -0.342 e. The molecule has 10 heteroatoms. The van der Waals surface area contributed by atoms with Crippen LogP contribution >= 0.6 is 0 Å². The summed E-state index contributed by atoms with van der Waals surface area (Å²) in [6.45, 7) is 15.0. The zero-order chi connectivity index (χ0) is 36.7. The fourth-order valence-corrected chi connectivity index (χ4v) is 6.90. The molecule has 9 nitrogen and oxygen atoms in total. The van der Waals surface area contributed by atoms with Gasteiger partial charge in [0.1, 0.15) is 6.04 Å². The number of amides is 3. The molecule has 3 aromatic rings. The summed E-state index contributed by atoms with van der Waals surface area (Å²) in [7, 11) is -0.802. The number of nitrogens with zero attached hydrogens (tertiary/aromatic N) is 1. The quantitative estimate of drug-likeness (QED) is 0.199. The van der Waals surface area contributed by atoms with Crippen LogP contribution in [0.25, 0.3) is 11.1 Å². The van der Waals surface area contributed by atoms with Crippen molar-refractivity contribution in [3.05, 3.63) is 102 Å². The van der Waals surface area contributed by atoms with E-state index in [4.69, 9.17) is 0 Å². The summed E-state index contributed by atoms with van der Waals surface area (Å²) >= 11 is 0. The highest BCUT2D eigenvalue weighted by Gasteiger charge is 2.41. The predicted molar refractivity (Wildman–Crippen MR) is 196 cm³/mol. The van der Waals surface area contributed by atoms with Crippen LogP contribution < -0.4 is 15.4 Å². The first-order chi connectivity index (χ1) is 22.8. The molecule has 0 aliphatic rings. The Bertz CT molecular complexity index is 1730. The van der Waals surface area contributed by atoms with Crippen molar-refractivity contribution in [2.45, 2.75) is 83.8 Å². The molecule has 49 heavy (non-hydrogen) atoms. The lowest BCUT2D eigenvalue weighted by Gasteiger charge is -2.40. The van der Waals surface area contributed by atoms with Gasteiger partial charge in [-0.05, 0) is 54.1 Å². The first kappa shape index (κ1) is 39.2. The van der Waals surface area contributed by atoms with Gasteiger partial charge in [0.05, 0.1) is 17.0 Å². The van der Waals surface area contributed by atoms with Gasteiger partial charge >= 0.3 is 0 Å². The van der Waals surface area contributed by atoms with Gasteiger partial charge in [0.15, 0.2) is 0 Å². The van der Waals surface area contributed by atoms with Crippen molar-refractivity contribution in [2.24, 2.45) is 11.3 Å². The number of likely N-dealkylation sites (N-methyl/N-ethyl adjacent to an activating group) is 2. The number of rotatable bonds is 13. The Kier molecular flexibility index (Phi) is 12.8. The van der Waals surface area contributed by atoms with Crippen LogP contribution in [0.4, 0.5) is 0 Å². The van der Waals surface area contributed by atoms with E-state index in [-0.39, 0.29) is 28.2 Å². The van der Waals surface area contributed by atoms with Gasteiger partial charge in [-0.2, -0.15) is 0 Å². The third kappa shape index (κ3) is 9.67. The van der Waals surface area contributed by atoms with Crippen molar-refractivity contribution in [1.29, 1.82) is 0 Å². The molecule has 0 aliphatic carbocycles. The van der Waals surface area contributed by atoms with Gasteiger partial charge in [0, 0.05) is 18.0 Å². The highest BCUT2D eigenvalue weighted by molar-refractivity contribution is 7.90. The third-order valence-corrected chi connectivity index (χ3v) is 10.3. The molecule has 3 rings (SSSR count). The largest absolute Gasteiger partial charge is 0.342 e. The van der Waals surface area contributed by atoms with Crippen LogP contribution in [0.15, 0.2) is 101 Å². The topological polar surface area (TPSA) is 125 Å². The van der Waals surface area contributed by atoms with Crippen LogP contribution in [0.2, 0.25) is 0 Å². The maximum Gasteiger partial charge on any atom is 0.264 e. The van der Waals surface area contributed by atoms with E-state index in [0.717, 1.165) is 16.7 Å². The second-order valence-corrected chi connectivity index (χ2v) is 16.2. The van der Waals surface area contributed by atoms with Gasteiger partial charge < -0.3 is 15.5 Å². The van der Waals surface area contributed by atoms with Gasteiger partial charge in [-0.1, -0.05) is 127 Å². The van der Waals surface area contributed by atoms with Crippen molar-refractivity contribution in [3.63, 3.8) is 0 Å². The lowest BCUT2D eigenvalue weighted by molar-refractivity contribution is -0.140. The number of sulfonamides is 1. The van der Waals surface area contributed by atoms with E-state index in [1.165, 1.54) is 24.0 Å². The van der Waals surface area contributed by atoms with Crippen LogP contribution in [-0.4, -0.2) is 63.3 Å². The second kappa shape index (κ2) is 16.0. The van der Waals surface area contributed by atoms with E-state index in [1.54, 1.807) is 32.3 Å². The van der Waals surface area contributed by atoms with Crippen LogP contribution in [0.5, 0.6) is 0 Å². The zero-order valence-corrected chi connectivity index (χ0v) is 31.2. The van der Waals surface area contributed by atoms with Gasteiger partial charge in [0.25, 0.3) is 15.9 Å². The molecule has 0 aliphatic heterocycles. The minimum absolute atomic E-state index is 0.0416. The van der Waals surface area contributed by atoms with E-state index in [9.17, 15) is 22.8 Å². The summed E-state index contributed by atoms with van der Waals surface area (Å²) in [5, 5.41) is 6.17. The van der Waals surface area contributed by atoms with E-state index >= 15 is 0 Å². The Morgan fingerprint density at radius 2 is 1.29 bits per heavy atom. The van der Waals surface area contributed by atoms with Crippen molar-refractivity contribution < 1.29 is 22.8 Å². The molecule has 264 valence electrons. The summed E-state index contributed by atoms with van der Waals surface area (Å²) in [5.74, 6) is -1.58. The minimum atomic E-state index is -4.16. The normalized spacial score (nSPS) is 14.5. The van der Waals surface area contributed by atoms with E-state index < -0.39 is 44.9 Å². The number of benzene rings is 3. The highest BCUT2D eigenvalue weighted by atomic mass is 32.2. The maximum absolute atomic E-state index is 14.2. The first-order valence-corrected chi connectivity index (χ1v) is 18.0. The van der Waals surface area contributed by atoms with Crippen molar-refractivity contribution in [1.82, 2.24) is 20.3 Å². The molecule has 0 bridgehead atoms. The number of carbonyl (C=O) groups is 3. The number of hydrogen-bond acceptors (Lipinski definition) is 6. The predicted octanol–water partition coefficient (Wildman–Crippen LogP) is 5.68. The van der Waals surface area contributed by atoms with E-state index in [2.05, 4.69) is 15.4 Å².